The van der Waals surface area contributed by atoms with Crippen LogP contribution < -0.4 is 56.9 Å². The van der Waals surface area contributed by atoms with Gasteiger partial charge in [0.15, 0.2) is 0 Å². The summed E-state index contributed by atoms with van der Waals surface area (Å²) in [6, 6.07) is 8.12. The van der Waals surface area contributed by atoms with Crippen LogP contribution in [0.5, 0.6) is 0 Å². The van der Waals surface area contributed by atoms with E-state index in [0.717, 1.165) is 261 Å². The Labute approximate surface area is 657 Å². The van der Waals surface area contributed by atoms with Crippen LogP contribution in [0, 0.1) is 47.3 Å². The van der Waals surface area contributed by atoms with Crippen LogP contribution >= 0.6 is 0 Å². The van der Waals surface area contributed by atoms with Crippen molar-refractivity contribution in [3.63, 3.8) is 0 Å². The summed E-state index contributed by atoms with van der Waals surface area (Å²) in [5.74, 6) is 1.32. The molecule has 0 aromatic heterocycles. The number of unbranched alkanes of at least 4 members (excludes halogenated alkanes) is 8. The van der Waals surface area contributed by atoms with Gasteiger partial charge in [0.25, 0.3) is 0 Å². The summed E-state index contributed by atoms with van der Waals surface area (Å²) in [4.78, 5) is 34.0. The van der Waals surface area contributed by atoms with Crippen LogP contribution in [-0.4, -0.2) is 193 Å². The monoisotopic (exact) mass is 1550 g/mol. The average molecular weight is 1550 g/mol. The Bertz CT molecular complexity index is 1800. The Morgan fingerprint density at radius 2 is 0.314 bits per heavy atom. The van der Waals surface area contributed by atoms with Gasteiger partial charge in [0.05, 0.1) is 98.2 Å². The molecule has 9 fully saturated rings. The molecule has 105 heavy (non-hydrogen) atoms. The van der Waals surface area contributed by atoms with Crippen LogP contribution in [0.4, 0.5) is 0 Å². The summed E-state index contributed by atoms with van der Waals surface area (Å²) < 4.78 is 57.2. The van der Waals surface area contributed by atoms with Crippen molar-refractivity contribution < 1.29 is 52.3 Å². The molecule has 16 atom stereocenters. The molecule has 8 N–H and O–H groups in total. The first-order chi connectivity index (χ1) is 50.4. The Kier molecular flexibility index (Phi) is 47.0. The molecule has 4 saturated carbocycles. The van der Waals surface area contributed by atoms with Gasteiger partial charge in [-0.1, -0.05) is 223 Å². The van der Waals surface area contributed by atoms with Crippen molar-refractivity contribution in [1.29, 1.82) is 0 Å². The molecule has 4 aliphatic carbocycles. The zero-order valence-corrected chi connectivity index (χ0v) is 74.6. The quantitative estimate of drug-likeness (QED) is 0.0210. The third kappa shape index (κ3) is 27.5. The summed E-state index contributed by atoms with van der Waals surface area (Å²) >= 11 is 0. The van der Waals surface area contributed by atoms with Crippen LogP contribution in [0.25, 0.3) is 0 Å². The van der Waals surface area contributed by atoms with Crippen molar-refractivity contribution in [2.24, 2.45) is 47.3 Å². The third-order valence-corrected chi connectivity index (χ3v) is 38.1. The predicted molar refractivity (Wildman–Crippen MR) is 435 cm³/mol. The molecule has 9 aliphatic rings. The van der Waals surface area contributed by atoms with E-state index in [9.17, 15) is 14.4 Å². The second-order valence-corrected chi connectivity index (χ2v) is 46.4. The minimum atomic E-state index is -1.92. The van der Waals surface area contributed by atoms with Crippen LogP contribution in [-0.2, 0) is 37.9 Å². The van der Waals surface area contributed by atoms with E-state index in [-0.39, 0.29) is 163 Å². The first kappa shape index (κ1) is 96.0. The molecule has 5 aliphatic heterocycles. The van der Waals surface area contributed by atoms with Gasteiger partial charge < -0.3 is 52.3 Å². The Morgan fingerprint density at radius 3 is 0.390 bits per heavy atom. The standard InChI is InChI=1S/C64H120N8O8.3C6H15OSi.Al/c1-9-17-33-73-41-25-26-42(74-34-18-10-2)50-49(41)57-65-58(50)70-60-53-45(77-37-21-13-5)29-30-46(78-38-22-14-6)54(53)62(67-60)72-64-56-48(80-40-24-16-8)32-31-47(79-39-23-15-7)55(56)63(68-64)71-61-52-44(76-36-20-12-4)28-27-43(75-35-19-11-3)51(52)59(66-61)69-57;3*1-4-8(7,5-2)6-3;/h41-72H,9-40H2,1-8H3;3*4-6H2,1-3H3;/q;3*-1;+3. The predicted octanol–water partition coefficient (Wildman–Crippen LogP) is 12.6. The molecule has 0 aromatic rings. The number of rotatable bonds is 41. The van der Waals surface area contributed by atoms with Crippen LogP contribution in [0.1, 0.15) is 272 Å². The molecule has 5 saturated heterocycles. The van der Waals surface area contributed by atoms with Crippen molar-refractivity contribution in [2.45, 2.75) is 424 Å². The average Bonchev–Trinajstić information content (AvgIpc) is 1.59. The van der Waals surface area contributed by atoms with E-state index in [4.69, 9.17) is 37.9 Å². The van der Waals surface area contributed by atoms with E-state index in [2.05, 4.69) is 97.9 Å². The minimum absolute atomic E-state index is 0. The molecule has 16 unspecified atom stereocenters. The second kappa shape index (κ2) is 51.4. The van der Waals surface area contributed by atoms with Gasteiger partial charge in [0.2, 0.25) is 0 Å². The Hall–Kier alpha value is 0.423. The van der Waals surface area contributed by atoms with Gasteiger partial charge in [-0.05, 0) is 128 Å². The first-order valence-electron chi connectivity index (χ1n) is 44.6. The molecule has 8 bridgehead atoms. The molecular weight excluding hydrogens is 1380 g/mol. The van der Waals surface area contributed by atoms with E-state index in [1.807, 2.05) is 62.3 Å². The van der Waals surface area contributed by atoms with Crippen molar-refractivity contribution in [1.82, 2.24) is 42.5 Å². The van der Waals surface area contributed by atoms with Gasteiger partial charge in [-0.2, -0.15) is 0 Å². The fourth-order valence-corrected chi connectivity index (χ4v) is 23.4. The van der Waals surface area contributed by atoms with Crippen molar-refractivity contribution in [2.75, 3.05) is 52.9 Å². The van der Waals surface area contributed by atoms with Crippen LogP contribution in [0.2, 0.25) is 54.4 Å². The van der Waals surface area contributed by atoms with E-state index in [0.29, 0.717) is 0 Å². The summed E-state index contributed by atoms with van der Waals surface area (Å²) in [7, 11) is -5.76. The molecule has 0 amide bonds. The normalized spacial score (nSPS) is 35.0. The molecule has 614 valence electrons. The molecule has 0 aromatic carbocycles. The van der Waals surface area contributed by atoms with Crippen molar-refractivity contribution >= 4 is 42.3 Å². The fourth-order valence-electron chi connectivity index (χ4n) is 18.9. The summed E-state index contributed by atoms with van der Waals surface area (Å²) in [6.07, 6.45) is 25.6. The van der Waals surface area contributed by atoms with Crippen LogP contribution in [0.15, 0.2) is 0 Å². The van der Waals surface area contributed by atoms with E-state index >= 15 is 0 Å². The Morgan fingerprint density at radius 1 is 0.210 bits per heavy atom. The van der Waals surface area contributed by atoms with Gasteiger partial charge in [-0.15, -0.1) is 0 Å². The second-order valence-electron chi connectivity index (χ2n) is 32.9. The third-order valence-electron chi connectivity index (χ3n) is 26.5. The molecular formula is C82H165AlN8O11Si3. The number of nitrogens with one attached hydrogen (secondary N) is 8. The fraction of sp³-hybridized carbons (Fsp3) is 1.00. The number of ether oxygens (including phenoxy) is 8. The van der Waals surface area contributed by atoms with E-state index < -0.39 is 25.0 Å². The van der Waals surface area contributed by atoms with Gasteiger partial charge in [-0.25, -0.2) is 0 Å². The van der Waals surface area contributed by atoms with Gasteiger partial charge in [0.1, 0.15) is 0 Å². The van der Waals surface area contributed by atoms with E-state index in [1.165, 1.54) is 0 Å². The number of hydrogen-bond acceptors (Lipinski definition) is 19. The van der Waals surface area contributed by atoms with Crippen LogP contribution in [0.3, 0.4) is 0 Å². The summed E-state index contributed by atoms with van der Waals surface area (Å²) in [6.45, 7) is 42.6. The summed E-state index contributed by atoms with van der Waals surface area (Å²) in [5.41, 5.74) is 0. The zero-order valence-electron chi connectivity index (χ0n) is 70.4. The maximum atomic E-state index is 11.3. The maximum Gasteiger partial charge on any atom is 3.00 e. The van der Waals surface area contributed by atoms with Gasteiger partial charge >= 0.3 is 17.4 Å². The van der Waals surface area contributed by atoms with Gasteiger partial charge in [-0.3, -0.25) is 42.5 Å². The zero-order chi connectivity index (χ0) is 75.7. The number of fused-ring (bicyclic) bond motifs is 20. The van der Waals surface area contributed by atoms with Gasteiger partial charge in [0, 0.05) is 100 Å². The Balaban J connectivity index is 0.000000679. The molecule has 9 rings (SSSR count). The largest absolute Gasteiger partial charge is 3.00 e. The van der Waals surface area contributed by atoms with Crippen molar-refractivity contribution in [3.8, 4) is 0 Å². The SMILES string of the molecule is CCCCOC1CCC(OCCCC)C2C3NC(NC4NC(NC5NC(NC6NC(N3)C3C(OCCCC)CCC(OCCCC)C63)C3C(OCCCC)CCC(OCCCC)C53)C3C(OCCCC)CCC(OCCCC)C43)C12.CC[Si]([O-])(CC)CC.CC[Si]([O-])(CC)CC.CC[Si]([O-])(CC)CC.[Al+3]. The number of hydrogen-bond donors (Lipinski definition) is 8. The molecule has 0 spiro atoms. The maximum absolute atomic E-state index is 11.3. The smallest absolute Gasteiger partial charge is 0.858 e. The minimum Gasteiger partial charge on any atom is -0.858 e. The van der Waals surface area contributed by atoms with Crippen molar-refractivity contribution in [3.05, 3.63) is 0 Å². The summed E-state index contributed by atoms with van der Waals surface area (Å²) in [5, 5.41) is 35.5. The molecule has 5 heterocycles. The molecule has 0 radical (unpaired) electrons. The topological polar surface area (TPSA) is 239 Å². The molecule has 19 nitrogen and oxygen atoms in total. The van der Waals surface area contributed by atoms with E-state index in [1.54, 1.807) is 0 Å². The first-order valence-corrected chi connectivity index (χ1v) is 52.2. The molecule has 23 heteroatoms.